The molecule has 2 rings (SSSR count). The molecule has 0 saturated carbocycles. The van der Waals surface area contributed by atoms with E-state index in [1.54, 1.807) is 6.07 Å². The second kappa shape index (κ2) is 7.09. The number of aryl methyl sites for hydroxylation is 1. The third-order valence-electron chi connectivity index (χ3n) is 3.81. The summed E-state index contributed by atoms with van der Waals surface area (Å²) >= 11 is 5.82. The van der Waals surface area contributed by atoms with Gasteiger partial charge in [-0.2, -0.15) is 4.31 Å². The first-order chi connectivity index (χ1) is 9.98. The predicted molar refractivity (Wildman–Crippen MR) is 84.1 cm³/mol. The van der Waals surface area contributed by atoms with Gasteiger partial charge in [-0.3, -0.25) is 0 Å². The molecule has 1 aromatic carbocycles. The fraction of sp³-hybridized carbons (Fsp3) is 0.600. The van der Waals surface area contributed by atoms with Gasteiger partial charge < -0.3 is 4.74 Å². The van der Waals surface area contributed by atoms with Gasteiger partial charge in [-0.05, 0) is 37.0 Å². The van der Waals surface area contributed by atoms with Crippen LogP contribution < -0.4 is 0 Å². The normalized spacial score (nSPS) is 19.3. The zero-order chi connectivity index (χ0) is 15.5. The van der Waals surface area contributed by atoms with Crippen LogP contribution >= 0.6 is 11.6 Å². The van der Waals surface area contributed by atoms with Crippen LogP contribution in [-0.2, 0) is 20.6 Å². The van der Waals surface area contributed by atoms with Crippen LogP contribution in [0, 0.1) is 6.92 Å². The highest BCUT2D eigenvalue weighted by Gasteiger charge is 2.29. The summed E-state index contributed by atoms with van der Waals surface area (Å²) in [7, 11) is -3.51. The fourth-order valence-corrected chi connectivity index (χ4v) is 4.48. The molecule has 1 fully saturated rings. The first-order valence-electron chi connectivity index (χ1n) is 7.26. The Morgan fingerprint density at radius 3 is 2.76 bits per heavy atom. The van der Waals surface area contributed by atoms with E-state index in [0.717, 1.165) is 30.6 Å². The Labute approximate surface area is 132 Å². The van der Waals surface area contributed by atoms with Crippen molar-refractivity contribution in [1.82, 2.24) is 4.31 Å². The summed E-state index contributed by atoms with van der Waals surface area (Å²) in [4.78, 5) is 0.348. The quantitative estimate of drug-likeness (QED) is 0.753. The summed E-state index contributed by atoms with van der Waals surface area (Å²) in [5.41, 5.74) is 1.56. The molecule has 4 nitrogen and oxygen atoms in total. The minimum absolute atomic E-state index is 0.0104. The van der Waals surface area contributed by atoms with Crippen molar-refractivity contribution in [2.75, 3.05) is 19.7 Å². The van der Waals surface area contributed by atoms with Crippen LogP contribution in [-0.4, -0.2) is 38.5 Å². The highest BCUT2D eigenvalue weighted by molar-refractivity contribution is 7.89. The zero-order valence-electron chi connectivity index (χ0n) is 12.5. The number of hydrogen-bond acceptors (Lipinski definition) is 3. The van der Waals surface area contributed by atoms with Crippen molar-refractivity contribution in [3.05, 3.63) is 29.3 Å². The topological polar surface area (TPSA) is 46.6 Å². The monoisotopic (exact) mass is 331 g/mol. The van der Waals surface area contributed by atoms with Crippen molar-refractivity contribution < 1.29 is 13.2 Å². The van der Waals surface area contributed by atoms with Crippen LogP contribution in [0.25, 0.3) is 0 Å². The average molecular weight is 332 g/mol. The number of likely N-dealkylation sites (N-methyl/N-ethyl adjacent to an activating group) is 1. The van der Waals surface area contributed by atoms with Crippen LogP contribution in [0.4, 0.5) is 0 Å². The number of ether oxygens (including phenoxy) is 1. The molecule has 1 unspecified atom stereocenters. The molecule has 1 aliphatic heterocycles. The van der Waals surface area contributed by atoms with Gasteiger partial charge in [-0.25, -0.2) is 8.42 Å². The lowest BCUT2D eigenvalue weighted by Gasteiger charge is -2.24. The van der Waals surface area contributed by atoms with E-state index in [1.165, 1.54) is 4.31 Å². The summed E-state index contributed by atoms with van der Waals surface area (Å²) < 4.78 is 32.8. The minimum Gasteiger partial charge on any atom is -0.377 e. The summed E-state index contributed by atoms with van der Waals surface area (Å²) in [5, 5.41) is 0. The molecule has 118 valence electrons. The zero-order valence-corrected chi connectivity index (χ0v) is 14.1. The van der Waals surface area contributed by atoms with E-state index in [9.17, 15) is 8.42 Å². The maximum Gasteiger partial charge on any atom is 0.243 e. The Hall–Kier alpha value is -0.620. The molecular weight excluding hydrogens is 310 g/mol. The lowest BCUT2D eigenvalue weighted by Crippen LogP contribution is -2.37. The van der Waals surface area contributed by atoms with Crippen molar-refractivity contribution in [1.29, 1.82) is 0 Å². The summed E-state index contributed by atoms with van der Waals surface area (Å²) in [6.07, 6.45) is 1.94. The Kier molecular flexibility index (Phi) is 5.66. The van der Waals surface area contributed by atoms with E-state index in [0.29, 0.717) is 23.9 Å². The third kappa shape index (κ3) is 3.77. The maximum absolute atomic E-state index is 12.9. The van der Waals surface area contributed by atoms with Crippen molar-refractivity contribution in [2.24, 2.45) is 0 Å². The first-order valence-corrected chi connectivity index (χ1v) is 9.23. The fourth-order valence-electron chi connectivity index (χ4n) is 2.56. The third-order valence-corrected chi connectivity index (χ3v) is 6.20. The molecule has 0 spiro atoms. The Morgan fingerprint density at radius 2 is 2.19 bits per heavy atom. The first kappa shape index (κ1) is 16.7. The van der Waals surface area contributed by atoms with Crippen molar-refractivity contribution in [2.45, 2.75) is 43.6 Å². The van der Waals surface area contributed by atoms with Gasteiger partial charge in [0.25, 0.3) is 0 Å². The highest BCUT2D eigenvalue weighted by Crippen LogP contribution is 2.24. The molecule has 0 aromatic heterocycles. The van der Waals surface area contributed by atoms with Crippen LogP contribution in [0.5, 0.6) is 0 Å². The highest BCUT2D eigenvalue weighted by atomic mass is 35.5. The molecule has 1 aromatic rings. The molecule has 0 radical (unpaired) electrons. The van der Waals surface area contributed by atoms with E-state index in [1.807, 2.05) is 26.0 Å². The average Bonchev–Trinajstić information content (AvgIpc) is 2.98. The molecule has 1 heterocycles. The molecule has 21 heavy (non-hydrogen) atoms. The number of nitrogens with zero attached hydrogens (tertiary/aromatic N) is 1. The molecule has 0 bridgehead atoms. The van der Waals surface area contributed by atoms with Crippen LogP contribution in [0.2, 0.25) is 0 Å². The second-order valence-corrected chi connectivity index (χ2v) is 7.50. The molecule has 6 heteroatoms. The number of sulfonamides is 1. The number of rotatable bonds is 6. The molecule has 0 N–H and O–H groups in total. The van der Waals surface area contributed by atoms with Gasteiger partial charge in [0, 0.05) is 25.6 Å². The van der Waals surface area contributed by atoms with Gasteiger partial charge in [0.2, 0.25) is 10.0 Å². The molecule has 1 atom stereocenters. The predicted octanol–water partition coefficient (Wildman–Crippen LogP) is 2.92. The minimum atomic E-state index is -3.51. The van der Waals surface area contributed by atoms with Gasteiger partial charge in [0.05, 0.1) is 11.0 Å². The van der Waals surface area contributed by atoms with Crippen LogP contribution in [0.3, 0.4) is 0 Å². The van der Waals surface area contributed by atoms with Crippen molar-refractivity contribution >= 4 is 21.6 Å². The largest absolute Gasteiger partial charge is 0.377 e. The van der Waals surface area contributed by atoms with Gasteiger partial charge in [0.15, 0.2) is 0 Å². The van der Waals surface area contributed by atoms with Crippen LogP contribution in [0.15, 0.2) is 23.1 Å². The van der Waals surface area contributed by atoms with Gasteiger partial charge in [-0.15, -0.1) is 11.6 Å². The number of halogens is 1. The molecule has 1 saturated heterocycles. The van der Waals surface area contributed by atoms with E-state index in [2.05, 4.69) is 0 Å². The van der Waals surface area contributed by atoms with Gasteiger partial charge in [-0.1, -0.05) is 19.1 Å². The Morgan fingerprint density at radius 1 is 1.43 bits per heavy atom. The SMILES string of the molecule is CCN(CC1CCCO1)S(=O)(=O)c1cc(CCl)ccc1C. The second-order valence-electron chi connectivity index (χ2n) is 5.32. The van der Waals surface area contributed by atoms with Gasteiger partial charge >= 0.3 is 0 Å². The maximum atomic E-state index is 12.9. The molecule has 0 aliphatic carbocycles. The van der Waals surface area contributed by atoms with Crippen molar-refractivity contribution in [3.8, 4) is 0 Å². The van der Waals surface area contributed by atoms with E-state index < -0.39 is 10.0 Å². The summed E-state index contributed by atoms with van der Waals surface area (Å²) in [6, 6.07) is 5.35. The Bertz CT molecular complexity index is 583. The smallest absolute Gasteiger partial charge is 0.243 e. The lowest BCUT2D eigenvalue weighted by atomic mass is 10.2. The van der Waals surface area contributed by atoms with Gasteiger partial charge in [0.1, 0.15) is 0 Å². The van der Waals surface area contributed by atoms with E-state index in [4.69, 9.17) is 16.3 Å². The number of alkyl halides is 1. The summed E-state index contributed by atoms with van der Waals surface area (Å²) in [6.45, 7) is 5.25. The molecule has 0 amide bonds. The van der Waals surface area contributed by atoms with Crippen molar-refractivity contribution in [3.63, 3.8) is 0 Å². The molecule has 1 aliphatic rings. The lowest BCUT2D eigenvalue weighted by molar-refractivity contribution is 0.0946. The van der Waals surface area contributed by atoms with E-state index in [-0.39, 0.29) is 6.10 Å². The molecular formula is C15H22ClNO3S. The van der Waals surface area contributed by atoms with Crippen LogP contribution in [0.1, 0.15) is 30.9 Å². The number of hydrogen-bond donors (Lipinski definition) is 0. The summed E-state index contributed by atoms with van der Waals surface area (Å²) in [5.74, 6) is 0.306. The van der Waals surface area contributed by atoms with E-state index >= 15 is 0 Å². The standard InChI is InChI=1S/C15H22ClNO3S/c1-3-17(11-14-5-4-8-20-14)21(18,19)15-9-13(10-16)7-6-12(15)2/h6-7,9,14H,3-5,8,10-11H2,1-2H3. The Balaban J connectivity index is 2.29. The number of benzene rings is 1.